The molecule has 0 saturated heterocycles. The molecule has 1 rings (SSSR count). The number of aryl methyl sites for hydroxylation is 1. The fourth-order valence-electron chi connectivity index (χ4n) is 1.51. The van der Waals surface area contributed by atoms with E-state index in [2.05, 4.69) is 10.1 Å². The molecule has 1 aromatic rings. The third kappa shape index (κ3) is 6.29. The van der Waals surface area contributed by atoms with E-state index in [1.54, 1.807) is 0 Å². The predicted molar refractivity (Wildman–Crippen MR) is 78.4 cm³/mol. The van der Waals surface area contributed by atoms with Gasteiger partial charge in [0, 0.05) is 10.9 Å². The average Bonchev–Trinajstić information content (AvgIpc) is 2.36. The summed E-state index contributed by atoms with van der Waals surface area (Å²) in [6.45, 7) is 3.88. The summed E-state index contributed by atoms with van der Waals surface area (Å²) >= 11 is 1.44. The van der Waals surface area contributed by atoms with Crippen molar-refractivity contribution in [3.05, 3.63) is 29.8 Å². The number of esters is 1. The number of thioether (sulfide) groups is 1. The molecule has 1 unspecified atom stereocenters. The SMILES string of the molecule is COC(=O)CC(C)SCC(=O)Nc1cccc(C)c1. The number of anilines is 1. The van der Waals surface area contributed by atoms with Crippen LogP contribution in [0.1, 0.15) is 18.9 Å². The summed E-state index contributed by atoms with van der Waals surface area (Å²) in [5, 5.41) is 2.89. The molecule has 0 aliphatic heterocycles. The number of rotatable bonds is 6. The van der Waals surface area contributed by atoms with Crippen molar-refractivity contribution in [2.75, 3.05) is 18.2 Å². The highest BCUT2D eigenvalue weighted by Gasteiger charge is 2.11. The van der Waals surface area contributed by atoms with Crippen LogP contribution in [0.15, 0.2) is 24.3 Å². The Morgan fingerprint density at radius 3 is 2.79 bits per heavy atom. The molecular weight excluding hydrogens is 262 g/mol. The highest BCUT2D eigenvalue weighted by molar-refractivity contribution is 8.00. The van der Waals surface area contributed by atoms with Crippen LogP contribution in [0, 0.1) is 6.92 Å². The van der Waals surface area contributed by atoms with Crippen molar-refractivity contribution < 1.29 is 14.3 Å². The van der Waals surface area contributed by atoms with E-state index in [9.17, 15) is 9.59 Å². The van der Waals surface area contributed by atoms with Gasteiger partial charge in [0.15, 0.2) is 0 Å². The lowest BCUT2D eigenvalue weighted by atomic mass is 10.2. The number of ether oxygens (including phenoxy) is 1. The standard InChI is InChI=1S/C14H19NO3S/c1-10-5-4-6-12(7-10)15-13(16)9-19-11(2)8-14(17)18-3/h4-7,11H,8-9H2,1-3H3,(H,15,16). The maximum Gasteiger partial charge on any atom is 0.306 e. The molecule has 1 aromatic carbocycles. The first kappa shape index (κ1) is 15.6. The van der Waals surface area contributed by atoms with Gasteiger partial charge in [0.05, 0.1) is 19.3 Å². The van der Waals surface area contributed by atoms with Crippen molar-refractivity contribution in [1.29, 1.82) is 0 Å². The molecule has 0 saturated carbocycles. The number of amides is 1. The second-order valence-corrected chi connectivity index (χ2v) is 5.75. The highest BCUT2D eigenvalue weighted by Crippen LogP contribution is 2.16. The lowest BCUT2D eigenvalue weighted by molar-refractivity contribution is -0.140. The van der Waals surface area contributed by atoms with E-state index >= 15 is 0 Å². The van der Waals surface area contributed by atoms with E-state index in [4.69, 9.17) is 0 Å². The summed E-state index contributed by atoms with van der Waals surface area (Å²) in [5.41, 5.74) is 1.90. The number of carbonyl (C=O) groups excluding carboxylic acids is 2. The van der Waals surface area contributed by atoms with Crippen molar-refractivity contribution in [3.63, 3.8) is 0 Å². The Kier molecular flexibility index (Phi) is 6.42. The lowest BCUT2D eigenvalue weighted by Gasteiger charge is -2.10. The zero-order valence-corrected chi connectivity index (χ0v) is 12.3. The van der Waals surface area contributed by atoms with Crippen molar-refractivity contribution in [1.82, 2.24) is 0 Å². The van der Waals surface area contributed by atoms with E-state index < -0.39 is 0 Å². The van der Waals surface area contributed by atoms with Crippen molar-refractivity contribution in [2.45, 2.75) is 25.5 Å². The summed E-state index contributed by atoms with van der Waals surface area (Å²) in [7, 11) is 1.37. The summed E-state index contributed by atoms with van der Waals surface area (Å²) < 4.78 is 4.58. The Balaban J connectivity index is 2.34. The first-order valence-electron chi connectivity index (χ1n) is 6.06. The Labute approximate surface area is 117 Å². The molecule has 1 N–H and O–H groups in total. The predicted octanol–water partition coefficient (Wildman–Crippen LogP) is 2.62. The van der Waals surface area contributed by atoms with Crippen LogP contribution in [0.25, 0.3) is 0 Å². The fourth-order valence-corrected chi connectivity index (χ4v) is 2.28. The molecule has 0 radical (unpaired) electrons. The Hall–Kier alpha value is -1.49. The average molecular weight is 281 g/mol. The monoisotopic (exact) mass is 281 g/mol. The Bertz CT molecular complexity index is 448. The number of carbonyl (C=O) groups is 2. The molecular formula is C14H19NO3S. The third-order valence-electron chi connectivity index (χ3n) is 2.48. The first-order valence-corrected chi connectivity index (χ1v) is 7.11. The normalized spacial score (nSPS) is 11.7. The molecule has 0 bridgehead atoms. The minimum Gasteiger partial charge on any atom is -0.469 e. The summed E-state index contributed by atoms with van der Waals surface area (Å²) in [5.74, 6) is 0.0120. The molecule has 0 spiro atoms. The van der Waals surface area contributed by atoms with Gasteiger partial charge in [-0.3, -0.25) is 9.59 Å². The van der Waals surface area contributed by atoms with Crippen LogP contribution in [-0.4, -0.2) is 30.0 Å². The fraction of sp³-hybridized carbons (Fsp3) is 0.429. The first-order chi connectivity index (χ1) is 9.01. The largest absolute Gasteiger partial charge is 0.469 e. The quantitative estimate of drug-likeness (QED) is 0.814. The zero-order chi connectivity index (χ0) is 14.3. The minimum absolute atomic E-state index is 0.0627. The molecule has 5 heteroatoms. The van der Waals surface area contributed by atoms with Gasteiger partial charge in [-0.1, -0.05) is 19.1 Å². The Morgan fingerprint density at radius 1 is 1.42 bits per heavy atom. The van der Waals surface area contributed by atoms with Gasteiger partial charge < -0.3 is 10.1 Å². The molecule has 1 atom stereocenters. The third-order valence-corrected chi connectivity index (χ3v) is 3.65. The number of hydrogen-bond acceptors (Lipinski definition) is 4. The summed E-state index contributed by atoms with van der Waals surface area (Å²) in [6.07, 6.45) is 0.318. The molecule has 0 heterocycles. The zero-order valence-electron chi connectivity index (χ0n) is 11.4. The van der Waals surface area contributed by atoms with Crippen molar-refractivity contribution in [2.24, 2.45) is 0 Å². The number of hydrogen-bond donors (Lipinski definition) is 1. The van der Waals surface area contributed by atoms with E-state index in [1.165, 1.54) is 18.9 Å². The van der Waals surface area contributed by atoms with Gasteiger partial charge in [-0.25, -0.2) is 0 Å². The minimum atomic E-state index is -0.251. The van der Waals surface area contributed by atoms with Crippen LogP contribution in [0.2, 0.25) is 0 Å². The van der Waals surface area contributed by atoms with Crippen LogP contribution >= 0.6 is 11.8 Å². The van der Waals surface area contributed by atoms with Crippen LogP contribution < -0.4 is 5.32 Å². The second-order valence-electron chi connectivity index (χ2n) is 4.32. The summed E-state index contributed by atoms with van der Waals surface area (Å²) in [6, 6.07) is 7.65. The maximum absolute atomic E-state index is 11.7. The molecule has 104 valence electrons. The molecule has 1 amide bonds. The van der Waals surface area contributed by atoms with Crippen LogP contribution in [0.5, 0.6) is 0 Å². The van der Waals surface area contributed by atoms with Crippen LogP contribution in [0.3, 0.4) is 0 Å². The smallest absolute Gasteiger partial charge is 0.306 e. The number of benzene rings is 1. The van der Waals surface area contributed by atoms with E-state index in [0.29, 0.717) is 12.2 Å². The molecule has 0 aromatic heterocycles. The van der Waals surface area contributed by atoms with E-state index in [-0.39, 0.29) is 17.1 Å². The molecule has 4 nitrogen and oxygen atoms in total. The molecule has 0 aliphatic carbocycles. The van der Waals surface area contributed by atoms with E-state index in [0.717, 1.165) is 11.3 Å². The van der Waals surface area contributed by atoms with Gasteiger partial charge in [-0.15, -0.1) is 11.8 Å². The number of methoxy groups -OCH3 is 1. The number of nitrogens with one attached hydrogen (secondary N) is 1. The van der Waals surface area contributed by atoms with Gasteiger partial charge in [0.25, 0.3) is 0 Å². The lowest BCUT2D eigenvalue weighted by Crippen LogP contribution is -2.17. The van der Waals surface area contributed by atoms with Crippen molar-refractivity contribution in [3.8, 4) is 0 Å². The van der Waals surface area contributed by atoms with E-state index in [1.807, 2.05) is 38.1 Å². The molecule has 0 fully saturated rings. The highest BCUT2D eigenvalue weighted by atomic mass is 32.2. The van der Waals surface area contributed by atoms with Gasteiger partial charge in [0.2, 0.25) is 5.91 Å². The van der Waals surface area contributed by atoms with Gasteiger partial charge in [-0.2, -0.15) is 0 Å². The Morgan fingerprint density at radius 2 is 2.16 bits per heavy atom. The van der Waals surface area contributed by atoms with Crippen molar-refractivity contribution >= 4 is 29.3 Å². The van der Waals surface area contributed by atoms with Gasteiger partial charge in [0.1, 0.15) is 0 Å². The van der Waals surface area contributed by atoms with Gasteiger partial charge >= 0.3 is 5.97 Å². The maximum atomic E-state index is 11.7. The van der Waals surface area contributed by atoms with Gasteiger partial charge in [-0.05, 0) is 24.6 Å². The summed E-state index contributed by atoms with van der Waals surface area (Å²) in [4.78, 5) is 22.8. The molecule has 19 heavy (non-hydrogen) atoms. The van der Waals surface area contributed by atoms with Crippen LogP contribution in [0.4, 0.5) is 5.69 Å². The molecule has 0 aliphatic rings. The second kappa shape index (κ2) is 7.84. The van der Waals surface area contributed by atoms with Crippen LogP contribution in [-0.2, 0) is 14.3 Å². The topological polar surface area (TPSA) is 55.4 Å².